The van der Waals surface area contributed by atoms with Gasteiger partial charge in [0.15, 0.2) is 9.84 Å². The summed E-state index contributed by atoms with van der Waals surface area (Å²) in [6, 6.07) is 6.61. The van der Waals surface area contributed by atoms with Gasteiger partial charge in [0.2, 0.25) is 0 Å². The summed E-state index contributed by atoms with van der Waals surface area (Å²) in [6.07, 6.45) is 1.07. The third kappa shape index (κ3) is 2.30. The molecule has 0 aliphatic heterocycles. The van der Waals surface area contributed by atoms with E-state index in [4.69, 9.17) is 16.7 Å². The van der Waals surface area contributed by atoms with Crippen molar-refractivity contribution in [3.63, 3.8) is 0 Å². The second kappa shape index (κ2) is 3.99. The first-order valence-corrected chi connectivity index (χ1v) is 7.33. The van der Waals surface area contributed by atoms with Crippen LogP contribution in [0.1, 0.15) is 11.5 Å². The van der Waals surface area contributed by atoms with Crippen LogP contribution in [0.2, 0.25) is 5.02 Å². The van der Waals surface area contributed by atoms with E-state index < -0.39 is 32.9 Å². The van der Waals surface area contributed by atoms with E-state index in [-0.39, 0.29) is 0 Å². The molecule has 3 atom stereocenters. The van der Waals surface area contributed by atoms with E-state index in [0.717, 1.165) is 6.26 Å². The molecular formula is C11H11ClO4S. The van der Waals surface area contributed by atoms with Crippen molar-refractivity contribution in [2.75, 3.05) is 6.26 Å². The van der Waals surface area contributed by atoms with Gasteiger partial charge >= 0.3 is 5.97 Å². The molecule has 0 bridgehead atoms. The minimum atomic E-state index is -3.35. The maximum Gasteiger partial charge on any atom is 0.308 e. The molecule has 17 heavy (non-hydrogen) atoms. The zero-order chi connectivity index (χ0) is 12.8. The normalized spacial score (nSPS) is 27.8. The van der Waals surface area contributed by atoms with E-state index in [0.29, 0.717) is 10.6 Å². The van der Waals surface area contributed by atoms with Crippen LogP contribution < -0.4 is 0 Å². The van der Waals surface area contributed by atoms with Crippen LogP contribution in [-0.2, 0) is 14.6 Å². The van der Waals surface area contributed by atoms with E-state index in [2.05, 4.69) is 0 Å². The first-order chi connectivity index (χ1) is 7.82. The summed E-state index contributed by atoms with van der Waals surface area (Å²) < 4.78 is 22.9. The topological polar surface area (TPSA) is 71.4 Å². The lowest BCUT2D eigenvalue weighted by Gasteiger charge is -1.99. The fourth-order valence-corrected chi connectivity index (χ4v) is 3.90. The molecule has 3 unspecified atom stereocenters. The van der Waals surface area contributed by atoms with Crippen molar-refractivity contribution in [2.24, 2.45) is 5.92 Å². The van der Waals surface area contributed by atoms with Gasteiger partial charge in [0.25, 0.3) is 0 Å². The molecule has 1 saturated carbocycles. The fraction of sp³-hybridized carbons (Fsp3) is 0.364. The largest absolute Gasteiger partial charge is 0.481 e. The Morgan fingerprint density at radius 1 is 1.29 bits per heavy atom. The van der Waals surface area contributed by atoms with Crippen LogP contribution >= 0.6 is 11.6 Å². The summed E-state index contributed by atoms with van der Waals surface area (Å²) in [5.41, 5.74) is 0.706. The van der Waals surface area contributed by atoms with Crippen molar-refractivity contribution in [1.29, 1.82) is 0 Å². The summed E-state index contributed by atoms with van der Waals surface area (Å²) in [7, 11) is -3.35. The molecule has 1 aromatic carbocycles. The molecule has 1 aliphatic carbocycles. The molecule has 0 aromatic heterocycles. The fourth-order valence-electron chi connectivity index (χ4n) is 2.19. The summed E-state index contributed by atoms with van der Waals surface area (Å²) in [5.74, 6) is -2.37. The SMILES string of the molecule is CS(=O)(=O)C1C(C(=O)O)C1c1ccc(Cl)cc1. The van der Waals surface area contributed by atoms with E-state index in [1.807, 2.05) is 0 Å². The quantitative estimate of drug-likeness (QED) is 0.908. The van der Waals surface area contributed by atoms with Gasteiger partial charge in [-0.1, -0.05) is 23.7 Å². The second-order valence-electron chi connectivity index (χ2n) is 4.24. The third-order valence-corrected chi connectivity index (χ3v) is 4.82. The monoisotopic (exact) mass is 274 g/mol. The third-order valence-electron chi connectivity index (χ3n) is 2.99. The summed E-state index contributed by atoms with van der Waals surface area (Å²) >= 11 is 5.73. The predicted octanol–water partition coefficient (Wildman–Crippen LogP) is 1.55. The summed E-state index contributed by atoms with van der Waals surface area (Å²) in [5, 5.41) is 8.70. The maximum absolute atomic E-state index is 11.5. The molecular weight excluding hydrogens is 264 g/mol. The first kappa shape index (κ1) is 12.4. The number of benzene rings is 1. The molecule has 0 spiro atoms. The Kier molecular flexibility index (Phi) is 2.91. The number of rotatable bonds is 3. The number of halogens is 1. The van der Waals surface area contributed by atoms with Crippen LogP contribution in [-0.4, -0.2) is 31.0 Å². The van der Waals surface area contributed by atoms with E-state index in [9.17, 15) is 13.2 Å². The van der Waals surface area contributed by atoms with E-state index in [1.165, 1.54) is 0 Å². The maximum atomic E-state index is 11.5. The molecule has 4 nitrogen and oxygen atoms in total. The highest BCUT2D eigenvalue weighted by Gasteiger charge is 2.61. The van der Waals surface area contributed by atoms with Crippen molar-refractivity contribution in [3.8, 4) is 0 Å². The second-order valence-corrected chi connectivity index (χ2v) is 6.88. The molecule has 0 saturated heterocycles. The molecule has 0 amide bonds. The summed E-state index contributed by atoms with van der Waals surface area (Å²) in [6.45, 7) is 0. The highest BCUT2D eigenvalue weighted by molar-refractivity contribution is 7.91. The van der Waals surface area contributed by atoms with Crippen molar-refractivity contribution in [3.05, 3.63) is 34.9 Å². The van der Waals surface area contributed by atoms with Gasteiger partial charge in [-0.05, 0) is 17.7 Å². The average Bonchev–Trinajstić information content (AvgIpc) is 2.93. The highest BCUT2D eigenvalue weighted by Crippen LogP contribution is 2.52. The molecule has 1 aromatic rings. The van der Waals surface area contributed by atoms with E-state index in [1.54, 1.807) is 24.3 Å². The van der Waals surface area contributed by atoms with Crippen LogP contribution in [0.25, 0.3) is 0 Å². The smallest absolute Gasteiger partial charge is 0.308 e. The number of hydrogen-bond donors (Lipinski definition) is 1. The van der Waals surface area contributed by atoms with Crippen LogP contribution in [0.3, 0.4) is 0 Å². The van der Waals surface area contributed by atoms with Crippen molar-refractivity contribution in [2.45, 2.75) is 11.2 Å². The molecule has 1 aliphatic rings. The number of carboxylic acid groups (broad SMARTS) is 1. The van der Waals surface area contributed by atoms with Crippen LogP contribution in [0.5, 0.6) is 0 Å². The minimum absolute atomic E-state index is 0.459. The Labute approximate surface area is 104 Å². The van der Waals surface area contributed by atoms with Gasteiger partial charge in [-0.3, -0.25) is 4.79 Å². The molecule has 6 heteroatoms. The zero-order valence-electron chi connectivity index (χ0n) is 9.00. The first-order valence-electron chi connectivity index (χ1n) is 4.99. The number of hydrogen-bond acceptors (Lipinski definition) is 3. The molecule has 1 fully saturated rings. The van der Waals surface area contributed by atoms with Crippen molar-refractivity contribution < 1.29 is 18.3 Å². The Morgan fingerprint density at radius 2 is 1.82 bits per heavy atom. The van der Waals surface area contributed by atoms with Crippen LogP contribution in [0.15, 0.2) is 24.3 Å². The Morgan fingerprint density at radius 3 is 2.18 bits per heavy atom. The Balaban J connectivity index is 2.34. The van der Waals surface area contributed by atoms with Gasteiger partial charge in [-0.15, -0.1) is 0 Å². The zero-order valence-corrected chi connectivity index (χ0v) is 10.6. The Bertz CT molecular complexity index is 549. The molecule has 2 rings (SSSR count). The molecule has 0 heterocycles. The lowest BCUT2D eigenvalue weighted by Crippen LogP contribution is -2.10. The lowest BCUT2D eigenvalue weighted by atomic mass is 10.1. The van der Waals surface area contributed by atoms with Crippen molar-refractivity contribution >= 4 is 27.4 Å². The van der Waals surface area contributed by atoms with Crippen molar-refractivity contribution in [1.82, 2.24) is 0 Å². The van der Waals surface area contributed by atoms with Gasteiger partial charge in [0.1, 0.15) is 0 Å². The number of aliphatic carboxylic acids is 1. The Hall–Kier alpha value is -1.07. The van der Waals surface area contributed by atoms with Gasteiger partial charge in [-0.25, -0.2) is 8.42 Å². The predicted molar refractivity (Wildman–Crippen MR) is 64.0 cm³/mol. The van der Waals surface area contributed by atoms with Gasteiger partial charge in [0, 0.05) is 17.2 Å². The summed E-state index contributed by atoms with van der Waals surface area (Å²) in [4.78, 5) is 11.0. The molecule has 1 N–H and O–H groups in total. The molecule has 0 radical (unpaired) electrons. The number of carboxylic acids is 1. The van der Waals surface area contributed by atoms with E-state index >= 15 is 0 Å². The van der Waals surface area contributed by atoms with Gasteiger partial charge in [0.05, 0.1) is 11.2 Å². The van der Waals surface area contributed by atoms with Gasteiger partial charge < -0.3 is 5.11 Å². The standard InChI is InChI=1S/C11H11ClO4S/c1-17(15,16)10-8(9(10)11(13)14)6-2-4-7(12)5-3-6/h2-5,8-10H,1H3,(H,13,14). The lowest BCUT2D eigenvalue weighted by molar-refractivity contribution is -0.138. The minimum Gasteiger partial charge on any atom is -0.481 e. The molecule has 92 valence electrons. The van der Waals surface area contributed by atoms with Crippen LogP contribution in [0, 0.1) is 5.92 Å². The number of sulfone groups is 1. The van der Waals surface area contributed by atoms with Gasteiger partial charge in [-0.2, -0.15) is 0 Å². The highest BCUT2D eigenvalue weighted by atomic mass is 35.5. The average molecular weight is 275 g/mol. The number of carbonyl (C=O) groups is 1. The van der Waals surface area contributed by atoms with Crippen LogP contribution in [0.4, 0.5) is 0 Å².